The zero-order chi connectivity index (χ0) is 17.4. The Hall–Kier alpha value is -2.09. The van der Waals surface area contributed by atoms with E-state index < -0.39 is 10.0 Å². The summed E-state index contributed by atoms with van der Waals surface area (Å²) in [5.41, 5.74) is 1.74. The largest absolute Gasteiger partial charge is 0.351 e. The van der Waals surface area contributed by atoms with Crippen LogP contribution in [0.15, 0.2) is 52.9 Å². The third-order valence-corrected chi connectivity index (χ3v) is 6.44. The van der Waals surface area contributed by atoms with E-state index in [9.17, 15) is 13.2 Å². The van der Waals surface area contributed by atoms with Crippen LogP contribution in [-0.4, -0.2) is 40.5 Å². The van der Waals surface area contributed by atoms with Crippen LogP contribution in [0.1, 0.15) is 6.42 Å². The van der Waals surface area contributed by atoms with Crippen LogP contribution in [0, 0.1) is 0 Å². The van der Waals surface area contributed by atoms with Crippen LogP contribution in [0.2, 0.25) is 0 Å². The maximum absolute atomic E-state index is 12.8. The van der Waals surface area contributed by atoms with Crippen LogP contribution in [0.5, 0.6) is 0 Å². The van der Waals surface area contributed by atoms with Gasteiger partial charge in [-0.2, -0.15) is 0 Å². The predicted molar refractivity (Wildman–Crippen MR) is 104 cm³/mol. The van der Waals surface area contributed by atoms with Gasteiger partial charge in [-0.15, -0.1) is 12.4 Å². The van der Waals surface area contributed by atoms with E-state index >= 15 is 0 Å². The molecule has 0 fully saturated rings. The SMILES string of the molecule is Cl.O=C(CN1c2cccc3cccc(c23)S1(=O)=O)NCC1=CCNCC1. The molecule has 26 heavy (non-hydrogen) atoms. The van der Waals surface area contributed by atoms with Gasteiger partial charge in [-0.05, 0) is 30.5 Å². The van der Waals surface area contributed by atoms with E-state index in [1.54, 1.807) is 18.2 Å². The molecule has 2 N–H and O–H groups in total. The van der Waals surface area contributed by atoms with Gasteiger partial charge in [-0.25, -0.2) is 8.42 Å². The molecule has 138 valence electrons. The molecule has 2 aromatic carbocycles. The van der Waals surface area contributed by atoms with Gasteiger partial charge in [0, 0.05) is 18.5 Å². The highest BCUT2D eigenvalue weighted by Crippen LogP contribution is 2.41. The van der Waals surface area contributed by atoms with E-state index in [-0.39, 0.29) is 29.8 Å². The van der Waals surface area contributed by atoms with E-state index in [4.69, 9.17) is 0 Å². The molecular formula is C18H20ClN3O3S. The summed E-state index contributed by atoms with van der Waals surface area (Å²) >= 11 is 0. The molecule has 1 amide bonds. The number of halogens is 1. The quantitative estimate of drug-likeness (QED) is 0.776. The Labute approximate surface area is 158 Å². The van der Waals surface area contributed by atoms with Crippen molar-refractivity contribution in [3.8, 4) is 0 Å². The van der Waals surface area contributed by atoms with Gasteiger partial charge in [-0.1, -0.05) is 35.9 Å². The number of anilines is 1. The van der Waals surface area contributed by atoms with Crippen molar-refractivity contribution in [2.75, 3.05) is 30.5 Å². The fraction of sp³-hybridized carbons (Fsp3) is 0.278. The summed E-state index contributed by atoms with van der Waals surface area (Å²) in [6.45, 7) is 1.97. The third-order valence-electron chi connectivity index (χ3n) is 4.64. The lowest BCUT2D eigenvalue weighted by Crippen LogP contribution is -2.40. The number of benzene rings is 2. The highest BCUT2D eigenvalue weighted by molar-refractivity contribution is 7.93. The Morgan fingerprint density at radius 2 is 1.96 bits per heavy atom. The first-order valence-corrected chi connectivity index (χ1v) is 9.71. The molecule has 0 saturated carbocycles. The molecule has 0 spiro atoms. The molecule has 8 heteroatoms. The van der Waals surface area contributed by atoms with Crippen LogP contribution in [0.4, 0.5) is 5.69 Å². The van der Waals surface area contributed by atoms with Crippen molar-refractivity contribution in [2.45, 2.75) is 11.3 Å². The number of carbonyl (C=O) groups is 1. The summed E-state index contributed by atoms with van der Waals surface area (Å²) in [5.74, 6) is -0.298. The van der Waals surface area contributed by atoms with E-state index in [0.29, 0.717) is 17.6 Å². The summed E-state index contributed by atoms with van der Waals surface area (Å²) in [6, 6.07) is 10.6. The Morgan fingerprint density at radius 3 is 2.69 bits per heavy atom. The number of rotatable bonds is 4. The smallest absolute Gasteiger partial charge is 0.265 e. The first kappa shape index (κ1) is 18.7. The van der Waals surface area contributed by atoms with Crippen molar-refractivity contribution >= 4 is 44.8 Å². The van der Waals surface area contributed by atoms with Gasteiger partial charge >= 0.3 is 0 Å². The van der Waals surface area contributed by atoms with Crippen LogP contribution in [0.3, 0.4) is 0 Å². The number of amides is 1. The lowest BCUT2D eigenvalue weighted by molar-refractivity contribution is -0.119. The van der Waals surface area contributed by atoms with Crippen LogP contribution < -0.4 is 14.9 Å². The number of sulfonamides is 1. The van der Waals surface area contributed by atoms with Gasteiger partial charge in [0.2, 0.25) is 5.91 Å². The predicted octanol–water partition coefficient (Wildman–Crippen LogP) is 1.81. The molecule has 0 bridgehead atoms. The Morgan fingerprint density at radius 1 is 1.19 bits per heavy atom. The normalized spacial score (nSPS) is 17.5. The highest BCUT2D eigenvalue weighted by atomic mass is 35.5. The Kier molecular flexibility index (Phi) is 5.22. The minimum absolute atomic E-state index is 0. The molecule has 0 radical (unpaired) electrons. The zero-order valence-corrected chi connectivity index (χ0v) is 15.7. The number of nitrogens with one attached hydrogen (secondary N) is 2. The molecule has 0 aromatic heterocycles. The first-order valence-electron chi connectivity index (χ1n) is 8.27. The summed E-state index contributed by atoms with van der Waals surface area (Å²) < 4.78 is 26.9. The fourth-order valence-corrected chi connectivity index (χ4v) is 5.02. The average Bonchev–Trinajstić information content (AvgIpc) is 2.84. The molecule has 0 saturated heterocycles. The fourth-order valence-electron chi connectivity index (χ4n) is 3.36. The monoisotopic (exact) mass is 393 g/mol. The molecule has 2 aliphatic heterocycles. The minimum atomic E-state index is -3.69. The molecule has 0 aliphatic carbocycles. The molecule has 0 unspecified atom stereocenters. The van der Waals surface area contributed by atoms with Gasteiger partial charge in [0.25, 0.3) is 10.0 Å². The van der Waals surface area contributed by atoms with Crippen LogP contribution in [0.25, 0.3) is 10.8 Å². The second-order valence-electron chi connectivity index (χ2n) is 6.24. The summed E-state index contributed by atoms with van der Waals surface area (Å²) in [5, 5.41) is 7.61. The topological polar surface area (TPSA) is 78.5 Å². The van der Waals surface area contributed by atoms with Crippen LogP contribution >= 0.6 is 12.4 Å². The third kappa shape index (κ3) is 3.18. The lowest BCUT2D eigenvalue weighted by Gasteiger charge is -2.19. The van der Waals surface area contributed by atoms with Crippen molar-refractivity contribution in [1.82, 2.24) is 10.6 Å². The molecular weight excluding hydrogens is 374 g/mol. The summed E-state index contributed by atoms with van der Waals surface area (Å²) in [6.07, 6.45) is 2.96. The molecule has 0 atom stereocenters. The minimum Gasteiger partial charge on any atom is -0.351 e. The van der Waals surface area contributed by atoms with Crippen molar-refractivity contribution in [3.05, 3.63) is 48.0 Å². The van der Waals surface area contributed by atoms with Crippen molar-refractivity contribution in [1.29, 1.82) is 0 Å². The van der Waals surface area contributed by atoms with Gasteiger partial charge in [0.05, 0.1) is 10.6 Å². The van der Waals surface area contributed by atoms with Gasteiger partial charge < -0.3 is 10.6 Å². The maximum Gasteiger partial charge on any atom is 0.265 e. The van der Waals surface area contributed by atoms with Gasteiger partial charge in [0.1, 0.15) is 6.54 Å². The van der Waals surface area contributed by atoms with E-state index in [0.717, 1.165) is 24.9 Å². The maximum atomic E-state index is 12.8. The molecule has 2 aromatic rings. The molecule has 2 heterocycles. The second kappa shape index (κ2) is 7.26. The Bertz CT molecular complexity index is 983. The lowest BCUT2D eigenvalue weighted by atomic mass is 10.1. The zero-order valence-electron chi connectivity index (χ0n) is 14.1. The number of hydrogen-bond acceptors (Lipinski definition) is 4. The Balaban J connectivity index is 0.00000196. The summed E-state index contributed by atoms with van der Waals surface area (Å²) in [4.78, 5) is 12.6. The number of carbonyl (C=O) groups excluding carboxylic acids is 1. The van der Waals surface area contributed by atoms with E-state index in [1.165, 1.54) is 9.88 Å². The van der Waals surface area contributed by atoms with Crippen molar-refractivity contribution in [2.24, 2.45) is 0 Å². The standard InChI is InChI=1S/C18H19N3O3S.ClH/c22-17(20-11-13-7-9-19-10-8-13)12-21-15-5-1-3-14-4-2-6-16(18(14)15)25(21,23)24;/h1-7,19H,8-12H2,(H,20,22);1H. The van der Waals surface area contributed by atoms with Crippen LogP contribution in [-0.2, 0) is 14.8 Å². The van der Waals surface area contributed by atoms with E-state index in [2.05, 4.69) is 16.7 Å². The van der Waals surface area contributed by atoms with Gasteiger partial charge in [0.15, 0.2) is 0 Å². The van der Waals surface area contributed by atoms with E-state index in [1.807, 2.05) is 18.2 Å². The van der Waals surface area contributed by atoms with Crippen molar-refractivity contribution < 1.29 is 13.2 Å². The average molecular weight is 394 g/mol. The highest BCUT2D eigenvalue weighted by Gasteiger charge is 2.36. The first-order chi connectivity index (χ1) is 12.1. The second-order valence-corrected chi connectivity index (χ2v) is 8.07. The molecule has 6 nitrogen and oxygen atoms in total. The molecule has 4 rings (SSSR count). The number of nitrogens with zero attached hydrogens (tertiary/aromatic N) is 1. The molecule has 2 aliphatic rings. The van der Waals surface area contributed by atoms with Gasteiger partial charge in [-0.3, -0.25) is 9.10 Å². The van der Waals surface area contributed by atoms with Crippen molar-refractivity contribution in [3.63, 3.8) is 0 Å². The summed E-state index contributed by atoms with van der Waals surface area (Å²) in [7, 11) is -3.69. The number of hydrogen-bond donors (Lipinski definition) is 2.